The van der Waals surface area contributed by atoms with Gasteiger partial charge in [-0.05, 0) is 0 Å². The van der Waals surface area contributed by atoms with Crippen molar-refractivity contribution >= 4 is 7.28 Å². The second-order valence-corrected chi connectivity index (χ2v) is 2.65. The molecule has 51 valence electrons. The lowest BCUT2D eigenvalue weighted by molar-refractivity contribution is 0.756. The molecule has 0 rings (SSSR count). The Kier molecular flexibility index (Phi) is 10.2. The van der Waals surface area contributed by atoms with Crippen LogP contribution < -0.4 is 0 Å². The lowest BCUT2D eigenvalue weighted by Crippen LogP contribution is -2.01. The Hall–Kier alpha value is 0.0649. The summed E-state index contributed by atoms with van der Waals surface area (Å²) in [4.78, 5) is 0. The molecule has 0 fully saturated rings. The predicted octanol–water partition coefficient (Wildman–Crippen LogP) is 3.23. The molecule has 0 aromatic heterocycles. The van der Waals surface area contributed by atoms with Crippen molar-refractivity contribution in [1.82, 2.24) is 0 Å². The van der Waals surface area contributed by atoms with Gasteiger partial charge in [-0.25, -0.2) is 0 Å². The molecule has 0 spiro atoms. The molecule has 0 aromatic rings. The summed E-state index contributed by atoms with van der Waals surface area (Å²) in [6, 6.07) is 0. The zero-order valence-electron chi connectivity index (χ0n) is 5.08. The molecule has 0 aliphatic rings. The van der Waals surface area contributed by atoms with Crippen LogP contribution >= 0.6 is 0 Å². The first kappa shape index (κ1) is 15.7. The smallest absolute Gasteiger partial charge is 0.0915 e. The van der Waals surface area contributed by atoms with Gasteiger partial charge in [-0.15, -0.1) is 0 Å². The van der Waals surface area contributed by atoms with Gasteiger partial charge in [-0.2, -0.15) is 0 Å². The Labute approximate surface area is 55.9 Å². The standard InChI is InChI=1S/C5H12B.2CH4/c1-5(2,3)6-4;;/h1-4H3;2*1H4. The summed E-state index contributed by atoms with van der Waals surface area (Å²) in [5, 5.41) is 0.417. The van der Waals surface area contributed by atoms with Gasteiger partial charge in [-0.3, -0.25) is 0 Å². The van der Waals surface area contributed by atoms with Gasteiger partial charge in [0.25, 0.3) is 0 Å². The lowest BCUT2D eigenvalue weighted by atomic mass is 9.57. The van der Waals surface area contributed by atoms with Gasteiger partial charge in [0.15, 0.2) is 0 Å². The van der Waals surface area contributed by atoms with Crippen LogP contribution in [0.2, 0.25) is 12.1 Å². The van der Waals surface area contributed by atoms with Crippen LogP contribution in [0.1, 0.15) is 35.6 Å². The average Bonchev–Trinajstić information content (AvgIpc) is 1.35. The van der Waals surface area contributed by atoms with Crippen LogP contribution in [0.15, 0.2) is 0 Å². The van der Waals surface area contributed by atoms with E-state index in [4.69, 9.17) is 0 Å². The van der Waals surface area contributed by atoms with Crippen molar-refractivity contribution in [1.29, 1.82) is 0 Å². The van der Waals surface area contributed by atoms with E-state index in [9.17, 15) is 0 Å². The molecule has 0 N–H and O–H groups in total. The number of hydrogen-bond acceptors (Lipinski definition) is 0. The van der Waals surface area contributed by atoms with Gasteiger partial charge in [0, 0.05) is 0 Å². The van der Waals surface area contributed by atoms with Crippen molar-refractivity contribution in [2.45, 2.75) is 47.8 Å². The summed E-state index contributed by atoms with van der Waals surface area (Å²) >= 11 is 0. The van der Waals surface area contributed by atoms with E-state index in [0.717, 1.165) is 0 Å². The van der Waals surface area contributed by atoms with Crippen LogP contribution in [0.3, 0.4) is 0 Å². The molecule has 0 unspecified atom stereocenters. The lowest BCUT2D eigenvalue weighted by Gasteiger charge is -2.11. The first-order valence-electron chi connectivity index (χ1n) is 2.37. The monoisotopic (exact) mass is 115 g/mol. The maximum Gasteiger partial charge on any atom is 0.113 e. The molecule has 0 atom stereocenters. The summed E-state index contributed by atoms with van der Waals surface area (Å²) in [5.41, 5.74) is 0. The van der Waals surface area contributed by atoms with Gasteiger partial charge in [0.1, 0.15) is 7.28 Å². The molecule has 0 heterocycles. The van der Waals surface area contributed by atoms with Crippen LogP contribution in [-0.2, 0) is 0 Å². The minimum absolute atomic E-state index is 0. The van der Waals surface area contributed by atoms with Crippen molar-refractivity contribution in [2.75, 3.05) is 0 Å². The highest BCUT2D eigenvalue weighted by Gasteiger charge is 2.04. The molecule has 0 amide bonds. The Morgan fingerprint density at radius 2 is 1.12 bits per heavy atom. The molecule has 1 heteroatoms. The van der Waals surface area contributed by atoms with Gasteiger partial charge < -0.3 is 0 Å². The third-order valence-corrected chi connectivity index (χ3v) is 0.866. The van der Waals surface area contributed by atoms with Crippen LogP contribution in [0.4, 0.5) is 0 Å². The fourth-order valence-electron chi connectivity index (χ4n) is 0. The van der Waals surface area contributed by atoms with E-state index in [1.807, 2.05) is 0 Å². The third kappa shape index (κ3) is 16.6. The molecule has 0 nitrogen and oxygen atoms in total. The number of rotatable bonds is 0. The molecule has 0 aliphatic carbocycles. The fraction of sp³-hybridized carbons (Fsp3) is 1.00. The second kappa shape index (κ2) is 5.21. The molecule has 0 saturated heterocycles. The van der Waals surface area contributed by atoms with Gasteiger partial charge in [0.2, 0.25) is 0 Å². The normalized spacial score (nSPS) is 8.50. The van der Waals surface area contributed by atoms with E-state index in [1.54, 1.807) is 0 Å². The van der Waals surface area contributed by atoms with Gasteiger partial charge in [-0.1, -0.05) is 47.8 Å². The van der Waals surface area contributed by atoms with Crippen molar-refractivity contribution in [3.05, 3.63) is 0 Å². The highest BCUT2D eigenvalue weighted by molar-refractivity contribution is 6.37. The predicted molar refractivity (Wildman–Crippen MR) is 44.8 cm³/mol. The molecular formula is C7H20B. The minimum Gasteiger partial charge on any atom is -0.0915 e. The highest BCUT2D eigenvalue weighted by atomic mass is 13.9. The summed E-state index contributed by atoms with van der Waals surface area (Å²) in [6.45, 7) is 8.65. The van der Waals surface area contributed by atoms with E-state index in [2.05, 4.69) is 34.9 Å². The molecular weight excluding hydrogens is 94.9 g/mol. The van der Waals surface area contributed by atoms with Crippen molar-refractivity contribution in [3.8, 4) is 0 Å². The van der Waals surface area contributed by atoms with Crippen LogP contribution in [0.5, 0.6) is 0 Å². The Morgan fingerprint density at radius 1 is 1.00 bits per heavy atom. The quantitative estimate of drug-likeness (QED) is 0.425. The van der Waals surface area contributed by atoms with E-state index in [1.165, 1.54) is 0 Å². The van der Waals surface area contributed by atoms with E-state index in [0.29, 0.717) is 5.31 Å². The SMILES string of the molecule is C.C.C[B]C(C)(C)C. The molecule has 0 aromatic carbocycles. The average molecular weight is 115 g/mol. The molecule has 0 bridgehead atoms. The van der Waals surface area contributed by atoms with Crippen molar-refractivity contribution in [2.24, 2.45) is 0 Å². The molecule has 1 radical (unpaired) electrons. The fourth-order valence-corrected chi connectivity index (χ4v) is 0. The van der Waals surface area contributed by atoms with E-state index in [-0.39, 0.29) is 14.9 Å². The van der Waals surface area contributed by atoms with Crippen LogP contribution in [-0.4, -0.2) is 7.28 Å². The summed E-state index contributed by atoms with van der Waals surface area (Å²) in [6.07, 6.45) is 0. The second-order valence-electron chi connectivity index (χ2n) is 2.65. The maximum absolute atomic E-state index is 2.19. The Bertz CT molecular complexity index is 34.1. The first-order valence-corrected chi connectivity index (χ1v) is 2.37. The van der Waals surface area contributed by atoms with Crippen LogP contribution in [0, 0.1) is 0 Å². The maximum atomic E-state index is 2.19. The summed E-state index contributed by atoms with van der Waals surface area (Å²) < 4.78 is 0. The van der Waals surface area contributed by atoms with Crippen LogP contribution in [0.25, 0.3) is 0 Å². The Balaban J connectivity index is -0.000000125. The third-order valence-electron chi connectivity index (χ3n) is 0.866. The first-order chi connectivity index (χ1) is 2.56. The summed E-state index contributed by atoms with van der Waals surface area (Å²) in [5.74, 6) is 0. The molecule has 0 aliphatic heterocycles. The topological polar surface area (TPSA) is 0 Å². The summed E-state index contributed by atoms with van der Waals surface area (Å²) in [7, 11) is 2.19. The molecule has 8 heavy (non-hydrogen) atoms. The zero-order chi connectivity index (χ0) is 5.21. The van der Waals surface area contributed by atoms with Crippen molar-refractivity contribution in [3.63, 3.8) is 0 Å². The zero-order valence-corrected chi connectivity index (χ0v) is 5.08. The Morgan fingerprint density at radius 3 is 1.12 bits per heavy atom. The van der Waals surface area contributed by atoms with E-state index >= 15 is 0 Å². The van der Waals surface area contributed by atoms with Gasteiger partial charge >= 0.3 is 0 Å². The van der Waals surface area contributed by atoms with E-state index < -0.39 is 0 Å². The highest BCUT2D eigenvalue weighted by Crippen LogP contribution is 2.18. The molecule has 0 saturated carbocycles. The number of hydrogen-bond donors (Lipinski definition) is 0. The largest absolute Gasteiger partial charge is 0.113 e. The van der Waals surface area contributed by atoms with Gasteiger partial charge in [0.05, 0.1) is 0 Å². The van der Waals surface area contributed by atoms with Crippen molar-refractivity contribution < 1.29 is 0 Å². The minimum atomic E-state index is 0.